The number of hydrogen-bond acceptors (Lipinski definition) is 3. The van der Waals surface area contributed by atoms with Crippen molar-refractivity contribution in [2.45, 2.75) is 32.7 Å². The van der Waals surface area contributed by atoms with Crippen LogP contribution in [0.5, 0.6) is 0 Å². The molecule has 1 aromatic rings. The highest BCUT2D eigenvalue weighted by atomic mass is 16.4. The number of H-pyrrole nitrogens is 1. The zero-order valence-electron chi connectivity index (χ0n) is 9.19. The Morgan fingerprint density at radius 1 is 1.56 bits per heavy atom. The predicted octanol–water partition coefficient (Wildman–Crippen LogP) is 0.135. The van der Waals surface area contributed by atoms with Crippen molar-refractivity contribution >= 4 is 5.97 Å². The minimum atomic E-state index is -0.983. The van der Waals surface area contributed by atoms with E-state index in [9.17, 15) is 14.4 Å². The summed E-state index contributed by atoms with van der Waals surface area (Å²) in [4.78, 5) is 35.4. The van der Waals surface area contributed by atoms with E-state index in [1.165, 1.54) is 10.8 Å². The van der Waals surface area contributed by atoms with Crippen LogP contribution >= 0.6 is 0 Å². The van der Waals surface area contributed by atoms with Gasteiger partial charge in [0.1, 0.15) is 0 Å². The van der Waals surface area contributed by atoms with Crippen LogP contribution in [0.4, 0.5) is 0 Å². The molecule has 0 saturated heterocycles. The van der Waals surface area contributed by atoms with Gasteiger partial charge in [0, 0.05) is 17.8 Å². The van der Waals surface area contributed by atoms with Gasteiger partial charge in [-0.15, -0.1) is 0 Å². The smallest absolute Gasteiger partial charge is 0.328 e. The number of aromatic amines is 1. The summed E-state index contributed by atoms with van der Waals surface area (Å²) >= 11 is 0. The largest absolute Gasteiger partial charge is 0.481 e. The van der Waals surface area contributed by atoms with Gasteiger partial charge in [0.25, 0.3) is 5.56 Å². The van der Waals surface area contributed by atoms with Gasteiger partial charge in [-0.25, -0.2) is 4.79 Å². The molecule has 1 aromatic heterocycles. The molecule has 0 bridgehead atoms. The van der Waals surface area contributed by atoms with E-state index >= 15 is 0 Å². The third-order valence-electron chi connectivity index (χ3n) is 2.37. The third-order valence-corrected chi connectivity index (χ3v) is 2.37. The van der Waals surface area contributed by atoms with Crippen molar-refractivity contribution < 1.29 is 9.90 Å². The minimum Gasteiger partial charge on any atom is -0.481 e. The number of aromatic nitrogens is 2. The molecule has 0 aliphatic rings. The number of nitrogens with one attached hydrogen (secondary N) is 1. The van der Waals surface area contributed by atoms with Crippen molar-refractivity contribution in [3.05, 3.63) is 32.6 Å². The van der Waals surface area contributed by atoms with Crippen LogP contribution in [0.15, 0.2) is 15.8 Å². The van der Waals surface area contributed by atoms with Crippen LogP contribution in [0, 0.1) is 0 Å². The number of nitrogens with zero attached hydrogens (tertiary/aromatic N) is 1. The summed E-state index contributed by atoms with van der Waals surface area (Å²) in [6.07, 6.45) is 1.76. The maximum atomic E-state index is 11.4. The molecule has 0 aromatic carbocycles. The molecular weight excluding hydrogens is 212 g/mol. The highest BCUT2D eigenvalue weighted by Gasteiger charge is 2.12. The van der Waals surface area contributed by atoms with Gasteiger partial charge in [-0.3, -0.25) is 19.1 Å². The maximum absolute atomic E-state index is 11.4. The highest BCUT2D eigenvalue weighted by molar-refractivity contribution is 5.67. The molecule has 0 saturated carbocycles. The number of aryl methyl sites for hydroxylation is 1. The normalized spacial score (nSPS) is 12.4. The molecule has 0 aliphatic carbocycles. The van der Waals surface area contributed by atoms with E-state index in [1.807, 2.05) is 0 Å². The Hall–Kier alpha value is -1.85. The molecule has 0 radical (unpaired) electrons. The fourth-order valence-electron chi connectivity index (χ4n) is 1.46. The monoisotopic (exact) mass is 226 g/mol. The molecule has 1 rings (SSSR count). The fourth-order valence-corrected chi connectivity index (χ4v) is 1.46. The van der Waals surface area contributed by atoms with E-state index in [4.69, 9.17) is 5.11 Å². The van der Waals surface area contributed by atoms with Crippen LogP contribution in [0.3, 0.4) is 0 Å². The summed E-state index contributed by atoms with van der Waals surface area (Å²) in [5, 5.41) is 8.63. The van der Waals surface area contributed by atoms with Crippen LogP contribution in [0.25, 0.3) is 0 Å². The van der Waals surface area contributed by atoms with Gasteiger partial charge in [-0.1, -0.05) is 6.92 Å². The molecule has 1 atom stereocenters. The summed E-state index contributed by atoms with van der Waals surface area (Å²) in [7, 11) is 0. The molecule has 0 amide bonds. The van der Waals surface area contributed by atoms with Gasteiger partial charge in [0.05, 0.1) is 6.42 Å². The predicted molar refractivity (Wildman–Crippen MR) is 57.7 cm³/mol. The molecule has 0 spiro atoms. The lowest BCUT2D eigenvalue weighted by Crippen LogP contribution is -2.33. The first kappa shape index (κ1) is 12.2. The van der Waals surface area contributed by atoms with E-state index in [1.54, 1.807) is 13.8 Å². The number of carboxylic acids is 1. The molecule has 1 heterocycles. The zero-order valence-corrected chi connectivity index (χ0v) is 9.19. The molecule has 2 N–H and O–H groups in total. The summed E-state index contributed by atoms with van der Waals surface area (Å²) in [6.45, 7) is 3.41. The van der Waals surface area contributed by atoms with Crippen LogP contribution in [0.2, 0.25) is 0 Å². The molecule has 6 heteroatoms. The molecule has 6 nitrogen and oxygen atoms in total. The Morgan fingerprint density at radius 3 is 2.69 bits per heavy atom. The maximum Gasteiger partial charge on any atom is 0.328 e. The number of carbonyl (C=O) groups is 1. The van der Waals surface area contributed by atoms with Crippen LogP contribution in [-0.2, 0) is 11.2 Å². The average Bonchev–Trinajstić information content (AvgIpc) is 2.16. The van der Waals surface area contributed by atoms with Gasteiger partial charge >= 0.3 is 11.7 Å². The first-order valence-corrected chi connectivity index (χ1v) is 5.01. The van der Waals surface area contributed by atoms with Crippen LogP contribution in [0.1, 0.15) is 31.9 Å². The van der Waals surface area contributed by atoms with Gasteiger partial charge in [-0.2, -0.15) is 0 Å². The van der Waals surface area contributed by atoms with Crippen molar-refractivity contribution in [1.82, 2.24) is 9.55 Å². The highest BCUT2D eigenvalue weighted by Crippen LogP contribution is 2.07. The summed E-state index contributed by atoms with van der Waals surface area (Å²) in [6, 6.07) is -0.479. The van der Waals surface area contributed by atoms with Gasteiger partial charge in [-0.05, 0) is 13.3 Å². The summed E-state index contributed by atoms with van der Waals surface area (Å²) in [5.41, 5.74) is -0.515. The van der Waals surface area contributed by atoms with Gasteiger partial charge in [0.15, 0.2) is 0 Å². The van der Waals surface area contributed by atoms with E-state index in [0.717, 1.165) is 0 Å². The second-order valence-electron chi connectivity index (χ2n) is 3.62. The van der Waals surface area contributed by atoms with E-state index in [0.29, 0.717) is 12.0 Å². The van der Waals surface area contributed by atoms with E-state index < -0.39 is 23.3 Å². The lowest BCUT2D eigenvalue weighted by atomic mass is 10.2. The third kappa shape index (κ3) is 2.59. The number of aliphatic carboxylic acids is 1. The molecule has 0 fully saturated rings. The van der Waals surface area contributed by atoms with Crippen LogP contribution < -0.4 is 11.2 Å². The van der Waals surface area contributed by atoms with Crippen molar-refractivity contribution in [2.24, 2.45) is 0 Å². The fraction of sp³-hybridized carbons (Fsp3) is 0.500. The Kier molecular flexibility index (Phi) is 3.65. The zero-order chi connectivity index (χ0) is 12.3. The Labute approximate surface area is 91.5 Å². The molecule has 16 heavy (non-hydrogen) atoms. The first-order valence-electron chi connectivity index (χ1n) is 5.01. The van der Waals surface area contributed by atoms with Crippen molar-refractivity contribution in [2.75, 3.05) is 0 Å². The van der Waals surface area contributed by atoms with Crippen molar-refractivity contribution in [3.63, 3.8) is 0 Å². The second kappa shape index (κ2) is 4.78. The van der Waals surface area contributed by atoms with E-state index in [-0.39, 0.29) is 6.42 Å². The number of hydrogen-bond donors (Lipinski definition) is 2. The number of carboxylic acid groups (broad SMARTS) is 1. The van der Waals surface area contributed by atoms with Crippen molar-refractivity contribution in [1.29, 1.82) is 0 Å². The van der Waals surface area contributed by atoms with Crippen LogP contribution in [-0.4, -0.2) is 20.6 Å². The number of rotatable bonds is 4. The SMILES string of the molecule is CCc1cn(C(C)CC(=O)O)c(=O)[nH]c1=O. The molecule has 1 unspecified atom stereocenters. The molecule has 88 valence electrons. The van der Waals surface area contributed by atoms with Crippen molar-refractivity contribution in [3.8, 4) is 0 Å². The topological polar surface area (TPSA) is 92.2 Å². The lowest BCUT2D eigenvalue weighted by molar-refractivity contribution is -0.137. The summed E-state index contributed by atoms with van der Waals surface area (Å²) < 4.78 is 1.24. The Morgan fingerprint density at radius 2 is 2.19 bits per heavy atom. The van der Waals surface area contributed by atoms with Gasteiger partial charge in [0.2, 0.25) is 0 Å². The Balaban J connectivity index is 3.18. The minimum absolute atomic E-state index is 0.158. The standard InChI is InChI=1S/C10H14N2O4/c1-3-7-5-12(6(2)4-8(13)14)10(16)11-9(7)15/h5-6H,3-4H2,1-2H3,(H,13,14)(H,11,15,16). The molecule has 0 aliphatic heterocycles. The lowest BCUT2D eigenvalue weighted by Gasteiger charge is -2.12. The quantitative estimate of drug-likeness (QED) is 0.763. The van der Waals surface area contributed by atoms with Gasteiger partial charge < -0.3 is 5.11 Å². The summed E-state index contributed by atoms with van der Waals surface area (Å²) in [5.74, 6) is -0.983. The molecular formula is C10H14N2O4. The second-order valence-corrected chi connectivity index (χ2v) is 3.62. The average molecular weight is 226 g/mol. The first-order chi connectivity index (χ1) is 7.45. The van der Waals surface area contributed by atoms with E-state index in [2.05, 4.69) is 4.98 Å². The Bertz CT molecular complexity index is 500.